The summed E-state index contributed by atoms with van der Waals surface area (Å²) in [7, 11) is 1.39. The number of unbranched alkanes of at least 4 members (excludes halogenated alkanes) is 1. The number of esters is 2. The molecule has 0 spiro atoms. The number of carbonyl (C=O) groups excluding carboxylic acids is 2. The van der Waals surface area contributed by atoms with Crippen molar-refractivity contribution >= 4 is 58.0 Å². The highest BCUT2D eigenvalue weighted by Crippen LogP contribution is 2.40. The molecule has 2 aliphatic rings. The summed E-state index contributed by atoms with van der Waals surface area (Å²) >= 11 is 19.4. The fourth-order valence-electron chi connectivity index (χ4n) is 6.24. The molecule has 1 saturated heterocycles. The Balaban J connectivity index is 1.28. The van der Waals surface area contributed by atoms with Crippen molar-refractivity contribution in [3.8, 4) is 16.9 Å². The predicted octanol–water partition coefficient (Wildman–Crippen LogP) is 8.50. The van der Waals surface area contributed by atoms with Gasteiger partial charge in [0.05, 0.1) is 54.8 Å². The summed E-state index contributed by atoms with van der Waals surface area (Å²) in [5.41, 5.74) is 5.52. The lowest BCUT2D eigenvalue weighted by Gasteiger charge is -2.33. The van der Waals surface area contributed by atoms with Crippen molar-refractivity contribution in [3.05, 3.63) is 80.8 Å². The zero-order valence-corrected chi connectivity index (χ0v) is 30.7. The van der Waals surface area contributed by atoms with Gasteiger partial charge in [-0.25, -0.2) is 4.79 Å². The average molecular weight is 728 g/mol. The second-order valence-corrected chi connectivity index (χ2v) is 13.6. The number of carbonyl (C=O) groups is 2. The Labute approximate surface area is 304 Å². The molecule has 8 nitrogen and oxygen atoms in total. The molecule has 0 radical (unpaired) electrons. The summed E-state index contributed by atoms with van der Waals surface area (Å²) < 4.78 is 22.5. The minimum atomic E-state index is -0.380. The quantitative estimate of drug-likeness (QED) is 0.127. The van der Waals surface area contributed by atoms with Gasteiger partial charge in [0.2, 0.25) is 0 Å². The van der Waals surface area contributed by atoms with Gasteiger partial charge in [-0.05, 0) is 54.2 Å². The van der Waals surface area contributed by atoms with Crippen molar-refractivity contribution in [1.29, 1.82) is 0 Å². The first kappa shape index (κ1) is 36.9. The number of methoxy groups -OCH3 is 1. The number of halogens is 2. The van der Waals surface area contributed by atoms with Crippen molar-refractivity contribution in [2.75, 3.05) is 51.7 Å². The van der Waals surface area contributed by atoms with Crippen LogP contribution in [0.1, 0.15) is 73.0 Å². The number of para-hydroxylation sites is 1. The molecule has 49 heavy (non-hydrogen) atoms. The molecule has 262 valence electrons. The van der Waals surface area contributed by atoms with Gasteiger partial charge in [-0.3, -0.25) is 4.79 Å². The Morgan fingerprint density at radius 3 is 2.49 bits per heavy atom. The topological polar surface area (TPSA) is 77.5 Å². The Morgan fingerprint density at radius 1 is 1.04 bits per heavy atom. The Hall–Kier alpha value is -3.37. The normalized spacial score (nSPS) is 14.9. The van der Waals surface area contributed by atoms with E-state index in [1.165, 1.54) is 7.11 Å². The fourth-order valence-corrected chi connectivity index (χ4v) is 7.40. The van der Waals surface area contributed by atoms with Crippen LogP contribution in [0, 0.1) is 5.92 Å². The maximum Gasteiger partial charge on any atom is 0.339 e. The summed E-state index contributed by atoms with van der Waals surface area (Å²) in [6.07, 6.45) is 5.06. The number of fused-ring (bicyclic) bond motifs is 1. The van der Waals surface area contributed by atoms with Crippen LogP contribution in [0.25, 0.3) is 11.1 Å². The molecule has 5 rings (SSSR count). The van der Waals surface area contributed by atoms with E-state index in [4.69, 9.17) is 54.4 Å². The fraction of sp³-hybridized carbons (Fsp3) is 0.447. The lowest BCUT2D eigenvalue weighted by molar-refractivity contribution is -0.145. The third-order valence-corrected chi connectivity index (χ3v) is 10.2. The standard InChI is InChI=1S/C38H44Cl2N2O6S/c1-4-6-8-25(5-2)23-47-34(43)14-11-26-19-31(39)35(32(40)20-26)37(49)42-22-28-9-7-10-29(36(28)48-24-42)27-12-13-30(38(44)45-3)33(21-27)41-15-17-46-18-16-41/h7,9-10,12-13,19-21,25H,4-6,8,11,14-18,22-24H2,1-3H3. The van der Waals surface area contributed by atoms with E-state index in [2.05, 4.69) is 18.7 Å². The number of nitrogens with zero attached hydrogens (tertiary/aromatic N) is 2. The van der Waals surface area contributed by atoms with Gasteiger partial charge in [-0.2, -0.15) is 0 Å². The second-order valence-electron chi connectivity index (χ2n) is 12.4. The van der Waals surface area contributed by atoms with E-state index < -0.39 is 0 Å². The molecular weight excluding hydrogens is 683 g/mol. The molecule has 2 aliphatic heterocycles. The number of benzene rings is 3. The van der Waals surface area contributed by atoms with Gasteiger partial charge in [0, 0.05) is 36.2 Å². The van der Waals surface area contributed by atoms with Gasteiger partial charge in [0.1, 0.15) is 10.7 Å². The van der Waals surface area contributed by atoms with E-state index in [1.807, 2.05) is 53.4 Å². The molecule has 0 bridgehead atoms. The molecule has 0 amide bonds. The van der Waals surface area contributed by atoms with Crippen molar-refractivity contribution in [1.82, 2.24) is 4.90 Å². The van der Waals surface area contributed by atoms with Crippen LogP contribution in [0.15, 0.2) is 48.5 Å². The number of anilines is 1. The molecule has 1 fully saturated rings. The molecule has 3 aromatic rings. The maximum absolute atomic E-state index is 12.6. The average Bonchev–Trinajstić information content (AvgIpc) is 3.13. The third-order valence-electron chi connectivity index (χ3n) is 9.13. The van der Waals surface area contributed by atoms with Crippen LogP contribution in [-0.4, -0.2) is 68.6 Å². The second kappa shape index (κ2) is 17.5. The molecule has 0 saturated carbocycles. The minimum absolute atomic E-state index is 0.205. The number of hydrogen-bond donors (Lipinski definition) is 0. The first-order valence-corrected chi connectivity index (χ1v) is 18.1. The van der Waals surface area contributed by atoms with Crippen LogP contribution in [-0.2, 0) is 32.0 Å². The smallest absolute Gasteiger partial charge is 0.339 e. The molecule has 1 unspecified atom stereocenters. The van der Waals surface area contributed by atoms with E-state index in [0.717, 1.165) is 59.4 Å². The zero-order valence-electron chi connectivity index (χ0n) is 28.4. The van der Waals surface area contributed by atoms with Gasteiger partial charge >= 0.3 is 11.9 Å². The van der Waals surface area contributed by atoms with Gasteiger partial charge in [0.25, 0.3) is 0 Å². The summed E-state index contributed by atoms with van der Waals surface area (Å²) in [6, 6.07) is 15.4. The van der Waals surface area contributed by atoms with Gasteiger partial charge in [-0.15, -0.1) is 0 Å². The van der Waals surface area contributed by atoms with Crippen molar-refractivity contribution in [2.45, 2.75) is 58.9 Å². The van der Waals surface area contributed by atoms with Gasteiger partial charge < -0.3 is 28.7 Å². The predicted molar refractivity (Wildman–Crippen MR) is 198 cm³/mol. The maximum atomic E-state index is 12.6. The van der Waals surface area contributed by atoms with E-state index in [9.17, 15) is 9.59 Å². The molecule has 3 aromatic carbocycles. The van der Waals surface area contributed by atoms with Crippen LogP contribution in [0.5, 0.6) is 5.75 Å². The van der Waals surface area contributed by atoms with Crippen molar-refractivity contribution in [2.24, 2.45) is 5.92 Å². The van der Waals surface area contributed by atoms with Crippen LogP contribution in [0.4, 0.5) is 5.69 Å². The van der Waals surface area contributed by atoms with Crippen LogP contribution in [0.2, 0.25) is 10.0 Å². The van der Waals surface area contributed by atoms with Crippen LogP contribution >= 0.6 is 35.4 Å². The van der Waals surface area contributed by atoms with E-state index in [1.54, 1.807) is 0 Å². The Morgan fingerprint density at radius 2 is 1.80 bits per heavy atom. The van der Waals surface area contributed by atoms with Crippen LogP contribution in [0.3, 0.4) is 0 Å². The monoisotopic (exact) mass is 726 g/mol. The molecule has 0 aliphatic carbocycles. The number of aryl methyl sites for hydroxylation is 1. The zero-order chi connectivity index (χ0) is 34.9. The van der Waals surface area contributed by atoms with Gasteiger partial charge in [-0.1, -0.05) is 92.8 Å². The highest BCUT2D eigenvalue weighted by molar-refractivity contribution is 7.80. The molecule has 1 atom stereocenters. The van der Waals surface area contributed by atoms with Crippen molar-refractivity contribution < 1.29 is 28.5 Å². The Kier molecular flexibility index (Phi) is 13.2. The van der Waals surface area contributed by atoms with Crippen LogP contribution < -0.4 is 9.64 Å². The number of ether oxygens (including phenoxy) is 4. The summed E-state index contributed by atoms with van der Waals surface area (Å²) in [4.78, 5) is 29.6. The molecule has 0 aromatic heterocycles. The highest BCUT2D eigenvalue weighted by atomic mass is 35.5. The van der Waals surface area contributed by atoms with E-state index in [-0.39, 0.29) is 25.1 Å². The lowest BCUT2D eigenvalue weighted by atomic mass is 9.97. The minimum Gasteiger partial charge on any atom is -0.472 e. The first-order valence-electron chi connectivity index (χ1n) is 17.0. The number of morpholine rings is 1. The number of thiocarbonyl (C=S) groups is 1. The SMILES string of the molecule is CCCCC(CC)COC(=O)CCc1cc(Cl)c(C(=S)N2COc3c(cccc3-c3ccc(C(=O)OC)c(N4CCOCC4)c3)C2)c(Cl)c1. The summed E-state index contributed by atoms with van der Waals surface area (Å²) in [5, 5.41) is 0.847. The highest BCUT2D eigenvalue weighted by Gasteiger charge is 2.27. The van der Waals surface area contributed by atoms with Crippen molar-refractivity contribution in [3.63, 3.8) is 0 Å². The van der Waals surface area contributed by atoms with Gasteiger partial charge in [0.15, 0.2) is 6.73 Å². The summed E-state index contributed by atoms with van der Waals surface area (Å²) in [5.74, 6) is 0.560. The number of rotatable bonds is 13. The first-order chi connectivity index (χ1) is 23.7. The Bertz CT molecular complexity index is 1640. The molecule has 2 heterocycles. The molecule has 0 N–H and O–H groups in total. The van der Waals surface area contributed by atoms with E-state index >= 15 is 0 Å². The number of hydrogen-bond acceptors (Lipinski definition) is 8. The molecule has 11 heteroatoms. The largest absolute Gasteiger partial charge is 0.472 e. The molecular formula is C38H44Cl2N2O6S. The third kappa shape index (κ3) is 9.06. The lowest BCUT2D eigenvalue weighted by Crippen LogP contribution is -2.37. The van der Waals surface area contributed by atoms with E-state index in [0.29, 0.717) is 78.0 Å². The summed E-state index contributed by atoms with van der Waals surface area (Å²) in [6.45, 7) is 8.01.